The minimum atomic E-state index is -4.86. The van der Waals surface area contributed by atoms with Crippen LogP contribution in [0.5, 0.6) is 5.75 Å². The number of likely N-dealkylation sites (N-methyl/N-ethyl adjacent to an activating group) is 1. The van der Waals surface area contributed by atoms with Crippen molar-refractivity contribution in [2.45, 2.75) is 31.1 Å². The maximum atomic E-state index is 12.2. The summed E-state index contributed by atoms with van der Waals surface area (Å²) in [5.41, 5.74) is 0. The third-order valence-electron chi connectivity index (χ3n) is 2.58. The van der Waals surface area contributed by atoms with Gasteiger partial charge in [-0.2, -0.15) is 4.31 Å². The highest BCUT2D eigenvalue weighted by Gasteiger charge is 2.31. The van der Waals surface area contributed by atoms with Gasteiger partial charge in [0.1, 0.15) is 5.75 Å². The molecule has 1 aromatic rings. The zero-order valence-electron chi connectivity index (χ0n) is 12.7. The minimum Gasteiger partial charge on any atom is -0.406 e. The van der Waals surface area contributed by atoms with E-state index in [0.717, 1.165) is 28.6 Å². The Morgan fingerprint density at radius 1 is 1.26 bits per heavy atom. The molecule has 0 bridgehead atoms. The molecule has 0 unspecified atom stereocenters. The van der Waals surface area contributed by atoms with Crippen LogP contribution in [-0.4, -0.2) is 44.6 Å². The van der Waals surface area contributed by atoms with Gasteiger partial charge in [0.2, 0.25) is 15.9 Å². The van der Waals surface area contributed by atoms with Crippen molar-refractivity contribution in [3.8, 4) is 5.75 Å². The SMILES string of the molecule is CC(C)NC(=O)CN(C)S(=O)(=O)c1ccc(OC(F)(F)F)cc1. The highest BCUT2D eigenvalue weighted by molar-refractivity contribution is 7.89. The van der Waals surface area contributed by atoms with Gasteiger partial charge in [-0.05, 0) is 38.1 Å². The van der Waals surface area contributed by atoms with Crippen LogP contribution in [0.25, 0.3) is 0 Å². The lowest BCUT2D eigenvalue weighted by Crippen LogP contribution is -2.40. The zero-order valence-corrected chi connectivity index (χ0v) is 13.5. The molecule has 0 aliphatic heterocycles. The van der Waals surface area contributed by atoms with E-state index in [1.165, 1.54) is 7.05 Å². The summed E-state index contributed by atoms with van der Waals surface area (Å²) in [5.74, 6) is -1.01. The third-order valence-corrected chi connectivity index (χ3v) is 4.40. The maximum Gasteiger partial charge on any atom is 0.573 e. The van der Waals surface area contributed by atoms with E-state index in [2.05, 4.69) is 10.1 Å². The summed E-state index contributed by atoms with van der Waals surface area (Å²) in [6, 6.07) is 3.60. The Kier molecular flexibility index (Phi) is 6.00. The zero-order chi connectivity index (χ0) is 17.8. The van der Waals surface area contributed by atoms with Crippen LogP contribution < -0.4 is 10.1 Å². The molecule has 1 aromatic carbocycles. The molecule has 0 radical (unpaired) electrons. The number of amides is 1. The van der Waals surface area contributed by atoms with Gasteiger partial charge in [0.05, 0.1) is 11.4 Å². The Bertz CT molecular complexity index is 642. The van der Waals surface area contributed by atoms with E-state index in [1.807, 2.05) is 0 Å². The molecule has 0 saturated heterocycles. The standard InChI is InChI=1S/C13H17F3N2O4S/c1-9(2)17-12(19)8-18(3)23(20,21)11-6-4-10(5-7-11)22-13(14,15)16/h4-7,9H,8H2,1-3H3,(H,17,19). The fourth-order valence-electron chi connectivity index (χ4n) is 1.65. The van der Waals surface area contributed by atoms with Crippen molar-refractivity contribution in [3.05, 3.63) is 24.3 Å². The number of nitrogens with one attached hydrogen (secondary N) is 1. The van der Waals surface area contributed by atoms with E-state index in [-0.39, 0.29) is 10.9 Å². The normalized spacial score (nSPS) is 12.5. The molecule has 1 N–H and O–H groups in total. The summed E-state index contributed by atoms with van der Waals surface area (Å²) in [6.45, 7) is 3.05. The first-order valence-electron chi connectivity index (χ1n) is 6.53. The van der Waals surface area contributed by atoms with Gasteiger partial charge in [0, 0.05) is 13.1 Å². The summed E-state index contributed by atoms with van der Waals surface area (Å²) in [4.78, 5) is 11.3. The number of halogens is 3. The van der Waals surface area contributed by atoms with E-state index in [4.69, 9.17) is 0 Å². The summed E-state index contributed by atoms with van der Waals surface area (Å²) < 4.78 is 65.1. The molecule has 0 spiro atoms. The van der Waals surface area contributed by atoms with Crippen LogP contribution in [0, 0.1) is 0 Å². The maximum absolute atomic E-state index is 12.2. The van der Waals surface area contributed by atoms with Gasteiger partial charge in [-0.15, -0.1) is 13.2 Å². The second-order valence-corrected chi connectivity index (χ2v) is 7.05. The molecule has 0 aromatic heterocycles. The molecule has 0 fully saturated rings. The quantitative estimate of drug-likeness (QED) is 0.844. The average molecular weight is 354 g/mol. The molecular weight excluding hydrogens is 337 g/mol. The average Bonchev–Trinajstić information content (AvgIpc) is 2.36. The Balaban J connectivity index is 2.85. The molecule has 1 amide bonds. The molecule has 6 nitrogen and oxygen atoms in total. The molecule has 0 aliphatic rings. The third kappa shape index (κ3) is 6.06. The molecule has 0 aliphatic carbocycles. The first-order chi connectivity index (χ1) is 10.4. The fraction of sp³-hybridized carbons (Fsp3) is 0.462. The van der Waals surface area contributed by atoms with Gasteiger partial charge in [-0.1, -0.05) is 0 Å². The Labute approximate surface area is 132 Å². The van der Waals surface area contributed by atoms with Crippen LogP contribution in [0.1, 0.15) is 13.8 Å². The summed E-state index contributed by atoms with van der Waals surface area (Å²) in [6.07, 6.45) is -4.86. The van der Waals surface area contributed by atoms with E-state index >= 15 is 0 Å². The van der Waals surface area contributed by atoms with Crippen LogP contribution in [0.4, 0.5) is 13.2 Å². The molecule has 0 saturated carbocycles. The van der Waals surface area contributed by atoms with Crippen molar-refractivity contribution < 1.29 is 31.1 Å². The molecule has 10 heteroatoms. The molecule has 0 heterocycles. The topological polar surface area (TPSA) is 75.7 Å². The Morgan fingerprint density at radius 3 is 2.22 bits per heavy atom. The van der Waals surface area contributed by atoms with Gasteiger partial charge in [-0.25, -0.2) is 8.42 Å². The second kappa shape index (κ2) is 7.18. The largest absolute Gasteiger partial charge is 0.573 e. The lowest BCUT2D eigenvalue weighted by molar-refractivity contribution is -0.274. The smallest absolute Gasteiger partial charge is 0.406 e. The molecular formula is C13H17F3N2O4S. The van der Waals surface area contributed by atoms with Gasteiger partial charge in [0.15, 0.2) is 0 Å². The van der Waals surface area contributed by atoms with Crippen molar-refractivity contribution >= 4 is 15.9 Å². The van der Waals surface area contributed by atoms with Crippen LogP contribution >= 0.6 is 0 Å². The number of alkyl halides is 3. The lowest BCUT2D eigenvalue weighted by atomic mass is 10.3. The predicted molar refractivity (Wildman–Crippen MR) is 76.2 cm³/mol. The monoisotopic (exact) mass is 354 g/mol. The number of carbonyl (C=O) groups excluding carboxylic acids is 1. The number of sulfonamides is 1. The summed E-state index contributed by atoms with van der Waals surface area (Å²) >= 11 is 0. The van der Waals surface area contributed by atoms with Crippen molar-refractivity contribution in [1.82, 2.24) is 9.62 Å². The van der Waals surface area contributed by atoms with Crippen LogP contribution in [0.2, 0.25) is 0 Å². The lowest BCUT2D eigenvalue weighted by Gasteiger charge is -2.18. The van der Waals surface area contributed by atoms with Crippen molar-refractivity contribution in [1.29, 1.82) is 0 Å². The highest BCUT2D eigenvalue weighted by Crippen LogP contribution is 2.24. The Hall–Kier alpha value is -1.81. The number of ether oxygens (including phenoxy) is 1. The van der Waals surface area contributed by atoms with E-state index in [0.29, 0.717) is 0 Å². The first-order valence-corrected chi connectivity index (χ1v) is 7.97. The number of benzene rings is 1. The minimum absolute atomic E-state index is 0.141. The van der Waals surface area contributed by atoms with Crippen LogP contribution in [0.3, 0.4) is 0 Å². The highest BCUT2D eigenvalue weighted by atomic mass is 32.2. The number of hydrogen-bond acceptors (Lipinski definition) is 4. The Morgan fingerprint density at radius 2 is 1.78 bits per heavy atom. The predicted octanol–water partition coefficient (Wildman–Crippen LogP) is 1.73. The summed E-state index contributed by atoms with van der Waals surface area (Å²) in [7, 11) is -2.79. The second-order valence-electron chi connectivity index (χ2n) is 5.00. The van der Waals surface area contributed by atoms with Gasteiger partial charge < -0.3 is 10.1 Å². The number of carbonyl (C=O) groups is 1. The van der Waals surface area contributed by atoms with Crippen molar-refractivity contribution in [3.63, 3.8) is 0 Å². The van der Waals surface area contributed by atoms with Gasteiger partial charge in [0.25, 0.3) is 0 Å². The molecule has 1 rings (SSSR count). The van der Waals surface area contributed by atoms with Gasteiger partial charge >= 0.3 is 6.36 Å². The first kappa shape index (κ1) is 19.2. The number of hydrogen-bond donors (Lipinski definition) is 1. The summed E-state index contributed by atoms with van der Waals surface area (Å²) in [5, 5.41) is 2.54. The van der Waals surface area contributed by atoms with Crippen LogP contribution in [0.15, 0.2) is 29.2 Å². The van der Waals surface area contributed by atoms with Gasteiger partial charge in [-0.3, -0.25) is 4.79 Å². The van der Waals surface area contributed by atoms with Crippen molar-refractivity contribution in [2.24, 2.45) is 0 Å². The molecule has 23 heavy (non-hydrogen) atoms. The van der Waals surface area contributed by atoms with E-state index < -0.39 is 34.6 Å². The number of rotatable bonds is 6. The number of nitrogens with zero attached hydrogens (tertiary/aromatic N) is 1. The fourth-order valence-corrected chi connectivity index (χ4v) is 2.78. The van der Waals surface area contributed by atoms with Crippen molar-refractivity contribution in [2.75, 3.05) is 13.6 Å². The molecule has 0 atom stereocenters. The van der Waals surface area contributed by atoms with E-state index in [9.17, 15) is 26.4 Å². The van der Waals surface area contributed by atoms with Crippen LogP contribution in [-0.2, 0) is 14.8 Å². The molecule has 130 valence electrons. The van der Waals surface area contributed by atoms with E-state index in [1.54, 1.807) is 13.8 Å².